The van der Waals surface area contributed by atoms with Gasteiger partial charge in [-0.05, 0) is 54.7 Å². The number of anilines is 2. The second-order valence-electron chi connectivity index (χ2n) is 6.90. The zero-order valence-corrected chi connectivity index (χ0v) is 15.2. The molecule has 3 heterocycles. The highest BCUT2D eigenvalue weighted by Gasteiger charge is 2.25. The van der Waals surface area contributed by atoms with E-state index in [4.69, 9.17) is 4.74 Å². The monoisotopic (exact) mass is 366 g/mol. The van der Waals surface area contributed by atoms with Crippen molar-refractivity contribution in [1.82, 2.24) is 9.88 Å². The number of aromatic nitrogens is 1. The van der Waals surface area contributed by atoms with Crippen LogP contribution in [0.1, 0.15) is 24.3 Å². The summed E-state index contributed by atoms with van der Waals surface area (Å²) in [6.45, 7) is 1.47. The molecule has 0 atom stereocenters. The van der Waals surface area contributed by atoms with Gasteiger partial charge in [-0.15, -0.1) is 0 Å². The molecule has 2 aliphatic heterocycles. The molecule has 0 unspecified atom stereocenters. The van der Waals surface area contributed by atoms with Gasteiger partial charge in [-0.25, -0.2) is 4.79 Å². The van der Waals surface area contributed by atoms with Gasteiger partial charge < -0.3 is 19.9 Å². The largest absolute Gasteiger partial charge is 0.482 e. The minimum atomic E-state index is -0.117. The van der Waals surface area contributed by atoms with Crippen molar-refractivity contribution >= 4 is 23.3 Å². The van der Waals surface area contributed by atoms with Gasteiger partial charge in [0.15, 0.2) is 6.61 Å². The van der Waals surface area contributed by atoms with Gasteiger partial charge in [0, 0.05) is 38.2 Å². The maximum Gasteiger partial charge on any atom is 0.321 e. The van der Waals surface area contributed by atoms with Crippen molar-refractivity contribution in [3.8, 4) is 5.75 Å². The minimum absolute atomic E-state index is 0.0433. The molecule has 27 heavy (non-hydrogen) atoms. The summed E-state index contributed by atoms with van der Waals surface area (Å²) < 4.78 is 5.42. The van der Waals surface area contributed by atoms with E-state index in [0.29, 0.717) is 36.1 Å². The number of pyridine rings is 1. The lowest BCUT2D eigenvalue weighted by Crippen LogP contribution is -2.40. The van der Waals surface area contributed by atoms with Crippen LogP contribution >= 0.6 is 0 Å². The smallest absolute Gasteiger partial charge is 0.321 e. The molecule has 4 rings (SSSR count). The SMILES string of the molecule is CN1C(=O)COc2ccc(NC(=O)N3CCC(c4ccncc4)CC3)cc21. The van der Waals surface area contributed by atoms with Crippen molar-refractivity contribution in [2.45, 2.75) is 18.8 Å². The van der Waals surface area contributed by atoms with Crippen LogP contribution in [0.25, 0.3) is 0 Å². The number of likely N-dealkylation sites (tertiary alicyclic amines) is 1. The summed E-state index contributed by atoms with van der Waals surface area (Å²) in [6.07, 6.45) is 5.51. The third-order valence-corrected chi connectivity index (χ3v) is 5.26. The highest BCUT2D eigenvalue weighted by molar-refractivity contribution is 5.99. The summed E-state index contributed by atoms with van der Waals surface area (Å²) >= 11 is 0. The Labute approximate surface area is 157 Å². The van der Waals surface area contributed by atoms with E-state index in [9.17, 15) is 9.59 Å². The van der Waals surface area contributed by atoms with Gasteiger partial charge in [0.25, 0.3) is 5.91 Å². The first kappa shape index (κ1) is 17.3. The average Bonchev–Trinajstić information content (AvgIpc) is 2.72. The van der Waals surface area contributed by atoms with Crippen LogP contribution in [0.5, 0.6) is 5.75 Å². The summed E-state index contributed by atoms with van der Waals surface area (Å²) in [5, 5.41) is 2.94. The van der Waals surface area contributed by atoms with Gasteiger partial charge in [-0.2, -0.15) is 0 Å². The fraction of sp³-hybridized carbons (Fsp3) is 0.350. The number of carbonyl (C=O) groups is 2. The summed E-state index contributed by atoms with van der Waals surface area (Å²) in [6, 6.07) is 9.33. The van der Waals surface area contributed by atoms with Crippen molar-refractivity contribution < 1.29 is 14.3 Å². The Kier molecular flexibility index (Phi) is 4.66. The molecular formula is C20H22N4O3. The van der Waals surface area contributed by atoms with Gasteiger partial charge in [-0.1, -0.05) is 0 Å². The van der Waals surface area contributed by atoms with E-state index in [1.54, 1.807) is 30.1 Å². The second-order valence-corrected chi connectivity index (χ2v) is 6.90. The number of rotatable bonds is 2. The lowest BCUT2D eigenvalue weighted by atomic mass is 9.90. The lowest BCUT2D eigenvalue weighted by molar-refractivity contribution is -0.120. The Balaban J connectivity index is 1.38. The first-order valence-electron chi connectivity index (χ1n) is 9.11. The number of carbonyl (C=O) groups excluding carboxylic acids is 2. The van der Waals surface area contributed by atoms with E-state index in [2.05, 4.69) is 10.3 Å². The molecule has 0 aliphatic carbocycles. The molecule has 0 bridgehead atoms. The van der Waals surface area contributed by atoms with E-state index >= 15 is 0 Å². The molecule has 2 aliphatic rings. The van der Waals surface area contributed by atoms with Crippen molar-refractivity contribution in [2.75, 3.05) is 37.0 Å². The van der Waals surface area contributed by atoms with Crippen LogP contribution in [0.3, 0.4) is 0 Å². The number of benzene rings is 1. The predicted molar refractivity (Wildman–Crippen MR) is 102 cm³/mol. The molecule has 1 fully saturated rings. The summed E-state index contributed by atoms with van der Waals surface area (Å²) in [5.74, 6) is 1.01. The van der Waals surface area contributed by atoms with Crippen LogP contribution in [0.2, 0.25) is 0 Å². The van der Waals surface area contributed by atoms with Crippen molar-refractivity contribution in [3.05, 3.63) is 48.3 Å². The van der Waals surface area contributed by atoms with Gasteiger partial charge in [0.1, 0.15) is 5.75 Å². The number of ether oxygens (including phenoxy) is 1. The number of fused-ring (bicyclic) bond motifs is 1. The molecule has 0 saturated carbocycles. The van der Waals surface area contributed by atoms with Crippen molar-refractivity contribution in [2.24, 2.45) is 0 Å². The van der Waals surface area contributed by atoms with E-state index < -0.39 is 0 Å². The second kappa shape index (κ2) is 7.26. The van der Waals surface area contributed by atoms with Crippen LogP contribution in [-0.4, -0.2) is 48.6 Å². The Morgan fingerprint density at radius 1 is 1.19 bits per heavy atom. The molecular weight excluding hydrogens is 344 g/mol. The number of hydrogen-bond donors (Lipinski definition) is 1. The van der Waals surface area contributed by atoms with Crippen LogP contribution < -0.4 is 15.0 Å². The average molecular weight is 366 g/mol. The number of likely N-dealkylation sites (N-methyl/N-ethyl adjacent to an activating group) is 1. The van der Waals surface area contributed by atoms with Gasteiger partial charge in [0.05, 0.1) is 5.69 Å². The van der Waals surface area contributed by atoms with E-state index in [1.165, 1.54) is 5.56 Å². The van der Waals surface area contributed by atoms with Crippen molar-refractivity contribution in [3.63, 3.8) is 0 Å². The van der Waals surface area contributed by atoms with Crippen LogP contribution in [0.4, 0.5) is 16.2 Å². The first-order valence-corrected chi connectivity index (χ1v) is 9.11. The lowest BCUT2D eigenvalue weighted by Gasteiger charge is -2.32. The third kappa shape index (κ3) is 3.58. The topological polar surface area (TPSA) is 74.8 Å². The van der Waals surface area contributed by atoms with E-state index in [-0.39, 0.29) is 18.5 Å². The maximum atomic E-state index is 12.6. The molecule has 2 aromatic rings. The first-order chi connectivity index (χ1) is 13.1. The standard InChI is InChI=1S/C20H22N4O3/c1-23-17-12-16(2-3-18(17)27-13-19(23)25)22-20(26)24-10-6-15(7-11-24)14-4-8-21-9-5-14/h2-5,8-9,12,15H,6-7,10-11,13H2,1H3,(H,22,26). The normalized spacial score (nSPS) is 17.3. The van der Waals surface area contributed by atoms with Crippen LogP contribution in [0.15, 0.2) is 42.7 Å². The summed E-state index contributed by atoms with van der Waals surface area (Å²) in [4.78, 5) is 31.9. The zero-order valence-electron chi connectivity index (χ0n) is 15.2. The molecule has 0 radical (unpaired) electrons. The number of nitrogens with zero attached hydrogens (tertiary/aromatic N) is 3. The summed E-state index contributed by atoms with van der Waals surface area (Å²) in [5.41, 5.74) is 2.60. The maximum absolute atomic E-state index is 12.6. The molecule has 3 amide bonds. The zero-order chi connectivity index (χ0) is 18.8. The quantitative estimate of drug-likeness (QED) is 0.887. The molecule has 1 aromatic heterocycles. The van der Waals surface area contributed by atoms with E-state index in [1.807, 2.05) is 29.4 Å². The molecule has 1 N–H and O–H groups in total. The molecule has 0 spiro atoms. The van der Waals surface area contributed by atoms with Crippen molar-refractivity contribution in [1.29, 1.82) is 0 Å². The molecule has 7 nitrogen and oxygen atoms in total. The van der Waals surface area contributed by atoms with Gasteiger partial charge in [-0.3, -0.25) is 9.78 Å². The van der Waals surface area contributed by atoms with E-state index in [0.717, 1.165) is 12.8 Å². The fourth-order valence-electron chi connectivity index (χ4n) is 3.60. The number of amides is 3. The fourth-order valence-corrected chi connectivity index (χ4v) is 3.60. The van der Waals surface area contributed by atoms with Crippen LogP contribution in [-0.2, 0) is 4.79 Å². The predicted octanol–water partition coefficient (Wildman–Crippen LogP) is 2.85. The summed E-state index contributed by atoms with van der Waals surface area (Å²) in [7, 11) is 1.71. The molecule has 140 valence electrons. The highest BCUT2D eigenvalue weighted by Crippen LogP contribution is 2.34. The highest BCUT2D eigenvalue weighted by atomic mass is 16.5. The van der Waals surface area contributed by atoms with Gasteiger partial charge in [0.2, 0.25) is 0 Å². The Bertz CT molecular complexity index is 848. The molecule has 7 heteroatoms. The van der Waals surface area contributed by atoms with Crippen LogP contribution in [0, 0.1) is 0 Å². The Morgan fingerprint density at radius 3 is 2.67 bits per heavy atom. The number of piperidine rings is 1. The Hall–Kier alpha value is -3.09. The van der Waals surface area contributed by atoms with Gasteiger partial charge >= 0.3 is 6.03 Å². The Morgan fingerprint density at radius 2 is 1.93 bits per heavy atom. The number of urea groups is 1. The number of nitrogens with one attached hydrogen (secondary N) is 1. The molecule has 1 aromatic carbocycles. The molecule has 1 saturated heterocycles. The number of hydrogen-bond acceptors (Lipinski definition) is 4. The minimum Gasteiger partial charge on any atom is -0.482 e. The third-order valence-electron chi connectivity index (χ3n) is 5.26.